The molecule has 0 heterocycles. The molecule has 0 aliphatic heterocycles. The van der Waals surface area contributed by atoms with E-state index in [9.17, 15) is 4.79 Å². The number of hydrogen-bond acceptors (Lipinski definition) is 3. The van der Waals surface area contributed by atoms with Gasteiger partial charge in [-0.15, -0.1) is 0 Å². The predicted molar refractivity (Wildman–Crippen MR) is 74.1 cm³/mol. The van der Waals surface area contributed by atoms with Gasteiger partial charge in [0.15, 0.2) is 0 Å². The Morgan fingerprint density at radius 3 is 2.22 bits per heavy atom. The van der Waals surface area contributed by atoms with Crippen LogP contribution in [-0.4, -0.2) is 52.3 Å². The second kappa shape index (κ2) is 10.3. The first kappa shape index (κ1) is 17.4. The number of carboxylic acid groups (broad SMARTS) is 1. The van der Waals surface area contributed by atoms with Crippen molar-refractivity contribution in [2.75, 3.05) is 21.3 Å². The highest BCUT2D eigenvalue weighted by Crippen LogP contribution is 2.14. The largest absolute Gasteiger partial charge is 0.465 e. The third-order valence-electron chi connectivity index (χ3n) is 3.18. The Balaban J connectivity index is 4.25. The normalized spacial score (nSPS) is 12.7. The molecule has 1 atom stereocenters. The molecule has 0 spiro atoms. The molecule has 0 aromatic heterocycles. The van der Waals surface area contributed by atoms with Gasteiger partial charge in [-0.25, -0.2) is 4.79 Å². The summed E-state index contributed by atoms with van der Waals surface area (Å²) in [7, 11) is 2.85. The van der Waals surface area contributed by atoms with Crippen molar-refractivity contribution in [3.05, 3.63) is 0 Å². The lowest BCUT2D eigenvalue weighted by molar-refractivity contribution is 0.135. The van der Waals surface area contributed by atoms with E-state index in [0.29, 0.717) is 0 Å². The van der Waals surface area contributed by atoms with Crippen LogP contribution in [-0.2, 0) is 8.85 Å². The number of amides is 1. The summed E-state index contributed by atoms with van der Waals surface area (Å²) in [6.07, 6.45) is 5.75. The average molecular weight is 277 g/mol. The quantitative estimate of drug-likeness (QED) is 0.492. The van der Waals surface area contributed by atoms with Crippen molar-refractivity contribution in [3.63, 3.8) is 0 Å². The zero-order valence-corrected chi connectivity index (χ0v) is 13.2. The van der Waals surface area contributed by atoms with Gasteiger partial charge in [0.2, 0.25) is 0 Å². The van der Waals surface area contributed by atoms with Gasteiger partial charge in [-0.2, -0.15) is 0 Å². The molecule has 0 aliphatic rings. The van der Waals surface area contributed by atoms with Crippen LogP contribution in [0, 0.1) is 0 Å². The van der Waals surface area contributed by atoms with Crippen molar-refractivity contribution in [2.24, 2.45) is 0 Å². The van der Waals surface area contributed by atoms with Crippen LogP contribution in [0.3, 0.4) is 0 Å². The first-order valence-electron chi connectivity index (χ1n) is 6.59. The van der Waals surface area contributed by atoms with E-state index >= 15 is 0 Å². The molecule has 6 heteroatoms. The lowest BCUT2D eigenvalue weighted by Gasteiger charge is -2.29. The van der Waals surface area contributed by atoms with Crippen molar-refractivity contribution in [1.29, 1.82) is 0 Å². The van der Waals surface area contributed by atoms with Crippen LogP contribution in [0.15, 0.2) is 0 Å². The second-order valence-corrected chi connectivity index (χ2v) is 6.95. The molecule has 18 heavy (non-hydrogen) atoms. The van der Waals surface area contributed by atoms with Crippen LogP contribution in [0.25, 0.3) is 0 Å². The third-order valence-corrected chi connectivity index (χ3v) is 5.52. The fourth-order valence-electron chi connectivity index (χ4n) is 2.02. The van der Waals surface area contributed by atoms with Gasteiger partial charge in [0.25, 0.3) is 0 Å². The molecule has 0 aliphatic carbocycles. The van der Waals surface area contributed by atoms with Crippen molar-refractivity contribution in [2.45, 2.75) is 51.1 Å². The molecule has 0 saturated heterocycles. The number of rotatable bonds is 10. The Morgan fingerprint density at radius 1 is 1.22 bits per heavy atom. The Bertz CT molecular complexity index is 224. The van der Waals surface area contributed by atoms with Crippen molar-refractivity contribution in [3.8, 4) is 0 Å². The lowest BCUT2D eigenvalue weighted by Crippen LogP contribution is -2.49. The van der Waals surface area contributed by atoms with Gasteiger partial charge in [-0.05, 0) is 6.42 Å². The van der Waals surface area contributed by atoms with Crippen molar-refractivity contribution < 1.29 is 18.8 Å². The third kappa shape index (κ3) is 6.37. The van der Waals surface area contributed by atoms with E-state index in [4.69, 9.17) is 14.0 Å². The zero-order chi connectivity index (χ0) is 14.0. The highest BCUT2D eigenvalue weighted by Gasteiger charge is 2.30. The van der Waals surface area contributed by atoms with Crippen LogP contribution >= 0.6 is 0 Å². The summed E-state index contributed by atoms with van der Waals surface area (Å²) in [4.78, 5) is 12.4. The minimum absolute atomic E-state index is 0.112. The molecule has 0 aromatic carbocycles. The molecule has 108 valence electrons. The van der Waals surface area contributed by atoms with Gasteiger partial charge in [0, 0.05) is 21.3 Å². The van der Waals surface area contributed by atoms with Crippen molar-refractivity contribution in [1.82, 2.24) is 4.90 Å². The molecule has 0 fully saturated rings. The molecule has 0 saturated carbocycles. The standard InChI is InChI=1S/C12H27NO4Si/c1-5-6-7-8-9-10-11(13(2)12(14)15)18(16-3)17-4/h11,18H,5-10H2,1-4H3,(H,14,15). The topological polar surface area (TPSA) is 59.0 Å². The average Bonchev–Trinajstić information content (AvgIpc) is 2.36. The lowest BCUT2D eigenvalue weighted by atomic mass is 10.1. The number of nitrogens with zero attached hydrogens (tertiary/aromatic N) is 1. The van der Waals surface area contributed by atoms with Crippen LogP contribution < -0.4 is 0 Å². The summed E-state index contributed by atoms with van der Waals surface area (Å²) in [6, 6.07) is 0. The monoisotopic (exact) mass is 277 g/mol. The molecule has 5 nitrogen and oxygen atoms in total. The first-order chi connectivity index (χ1) is 8.58. The van der Waals surface area contributed by atoms with Gasteiger partial charge in [-0.1, -0.05) is 39.0 Å². The molecule has 1 amide bonds. The zero-order valence-electron chi connectivity index (χ0n) is 12.0. The minimum Gasteiger partial charge on any atom is -0.465 e. The SMILES string of the molecule is CCCCCCCC(N(C)C(=O)O)[SiH](OC)OC. The smallest absolute Gasteiger partial charge is 0.407 e. The maximum Gasteiger partial charge on any atom is 0.407 e. The Labute approximate surface area is 112 Å². The minimum atomic E-state index is -1.93. The van der Waals surface area contributed by atoms with E-state index < -0.39 is 15.4 Å². The molecule has 0 rings (SSSR count). The highest BCUT2D eigenvalue weighted by atomic mass is 28.3. The maximum absolute atomic E-state index is 11.0. The van der Waals surface area contributed by atoms with E-state index in [2.05, 4.69) is 6.92 Å². The van der Waals surface area contributed by atoms with Crippen LogP contribution in [0.1, 0.15) is 45.4 Å². The molecule has 1 N–H and O–H groups in total. The second-order valence-electron chi connectivity index (χ2n) is 4.50. The van der Waals surface area contributed by atoms with Gasteiger partial charge in [-0.3, -0.25) is 0 Å². The van der Waals surface area contributed by atoms with Gasteiger partial charge >= 0.3 is 15.4 Å². The predicted octanol–water partition coefficient (Wildman–Crippen LogP) is 2.38. The van der Waals surface area contributed by atoms with Crippen LogP contribution in [0.2, 0.25) is 0 Å². The summed E-state index contributed by atoms with van der Waals surface area (Å²) < 4.78 is 10.6. The number of unbranched alkanes of at least 4 members (excludes halogenated alkanes) is 4. The van der Waals surface area contributed by atoms with E-state index in [-0.39, 0.29) is 5.67 Å². The Hall–Kier alpha value is -0.593. The molecule has 0 aromatic rings. The Morgan fingerprint density at radius 2 is 1.78 bits per heavy atom. The summed E-state index contributed by atoms with van der Waals surface area (Å²) in [5, 5.41) is 9.07. The fraction of sp³-hybridized carbons (Fsp3) is 0.917. The molecule has 0 radical (unpaired) electrons. The van der Waals surface area contributed by atoms with E-state index in [1.807, 2.05) is 0 Å². The number of carbonyl (C=O) groups is 1. The molecular weight excluding hydrogens is 250 g/mol. The van der Waals surface area contributed by atoms with E-state index in [1.165, 1.54) is 24.2 Å². The summed E-state index contributed by atoms with van der Waals surface area (Å²) in [6.45, 7) is 2.18. The molecule has 0 bridgehead atoms. The summed E-state index contributed by atoms with van der Waals surface area (Å²) in [5.74, 6) is 0. The first-order valence-corrected chi connectivity index (χ1v) is 8.20. The fourth-order valence-corrected chi connectivity index (χ4v) is 3.84. The van der Waals surface area contributed by atoms with Gasteiger partial charge < -0.3 is 18.9 Å². The summed E-state index contributed by atoms with van der Waals surface area (Å²) >= 11 is 0. The summed E-state index contributed by atoms with van der Waals surface area (Å²) in [5.41, 5.74) is -0.112. The van der Waals surface area contributed by atoms with E-state index in [1.54, 1.807) is 21.3 Å². The van der Waals surface area contributed by atoms with Gasteiger partial charge in [0.1, 0.15) is 0 Å². The van der Waals surface area contributed by atoms with Gasteiger partial charge in [0.05, 0.1) is 5.67 Å². The van der Waals surface area contributed by atoms with Crippen LogP contribution in [0.5, 0.6) is 0 Å². The molecular formula is C12H27NO4Si. The maximum atomic E-state index is 11.0. The van der Waals surface area contributed by atoms with E-state index in [0.717, 1.165) is 19.3 Å². The number of hydrogen-bond donors (Lipinski definition) is 1. The van der Waals surface area contributed by atoms with Crippen molar-refractivity contribution >= 4 is 15.4 Å². The Kier molecular flexibility index (Phi) is 10.00. The highest BCUT2D eigenvalue weighted by molar-refractivity contribution is 6.46. The molecule has 1 unspecified atom stereocenters. The van der Waals surface area contributed by atoms with Crippen LogP contribution in [0.4, 0.5) is 4.79 Å².